The Labute approximate surface area is 265 Å². The molecular weight excluding hydrogens is 917 g/mol. The van der Waals surface area contributed by atoms with Gasteiger partial charge in [0.05, 0.1) is 0 Å². The van der Waals surface area contributed by atoms with E-state index in [9.17, 15) is 20.4 Å². The summed E-state index contributed by atoms with van der Waals surface area (Å²) in [6, 6.07) is 0. The Bertz CT molecular complexity index is 1110. The maximum absolute atomic E-state index is 12.5. The molecule has 2 aliphatic rings. The van der Waals surface area contributed by atoms with Gasteiger partial charge in [-0.1, -0.05) is 0 Å². The van der Waals surface area contributed by atoms with Crippen LogP contribution in [0.1, 0.15) is 11.1 Å². The summed E-state index contributed by atoms with van der Waals surface area (Å²) in [6.45, 7) is 38.5. The summed E-state index contributed by atoms with van der Waals surface area (Å²) in [7, 11) is 0. The molecule has 2 radical (unpaired) electrons. The minimum Gasteiger partial charge on any atom is 0 e. The van der Waals surface area contributed by atoms with Crippen molar-refractivity contribution in [2.24, 2.45) is 0 Å². The summed E-state index contributed by atoms with van der Waals surface area (Å²) in [5.74, 6) is -3.43. The second-order valence-electron chi connectivity index (χ2n) is 5.45. The SMILES string of the molecule is Cc1c([O-])c([O-])c(-c2c([O-])c([O-])c(C)c3c2OCO3)c2c1OCO2.[C-]#[O+].[C-]#[O+].[C-]#[O+].[C-]#[O+].[C-]#[O+].[C-]#[O+].[C-]#[O+].[C-]#[O+].[Re].[Re]. The Morgan fingerprint density at radius 3 is 0.810 bits per heavy atom. The van der Waals surface area contributed by atoms with Gasteiger partial charge in [-0.15, -0.1) is 23.0 Å². The molecule has 0 aliphatic carbocycles. The number of rotatable bonds is 1. The van der Waals surface area contributed by atoms with Crippen LogP contribution in [0.3, 0.4) is 0 Å². The van der Waals surface area contributed by atoms with Crippen molar-refractivity contribution in [1.29, 1.82) is 0 Å². The van der Waals surface area contributed by atoms with Crippen molar-refractivity contribution in [3.05, 3.63) is 64.3 Å². The molecule has 4 rings (SSSR count). The van der Waals surface area contributed by atoms with Crippen LogP contribution in [0.2, 0.25) is 0 Å². The molecule has 42 heavy (non-hydrogen) atoms. The van der Waals surface area contributed by atoms with E-state index in [0.717, 1.165) is 0 Å². The summed E-state index contributed by atoms with van der Waals surface area (Å²) < 4.78 is 81.0. The van der Waals surface area contributed by atoms with Gasteiger partial charge < -0.3 is 39.4 Å². The standard InChI is InChI=1S/C16H14O8.8CO.2Re/c1-5-9(17)11(19)7(15-13(5)21-3-23-15)8-12(20)10(18)6(2)14-16(8)24-4-22-14;8*1-2;;/h17-20H,3-4H2,1-2H3;;;;;;;;;;/p-4. The molecule has 18 heteroatoms. The van der Waals surface area contributed by atoms with Crippen LogP contribution < -0.4 is 39.4 Å². The second-order valence-corrected chi connectivity index (χ2v) is 5.45. The summed E-state index contributed by atoms with van der Waals surface area (Å²) >= 11 is 0. The molecule has 2 heterocycles. The van der Waals surface area contributed by atoms with E-state index in [0.29, 0.717) is 0 Å². The van der Waals surface area contributed by atoms with Gasteiger partial charge in [-0.05, 0) is 25.0 Å². The fourth-order valence-electron chi connectivity index (χ4n) is 2.92. The summed E-state index contributed by atoms with van der Waals surface area (Å²) in [5, 5.41) is 49.4. The third-order valence-electron chi connectivity index (χ3n) is 4.16. The van der Waals surface area contributed by atoms with Gasteiger partial charge in [0.25, 0.3) is 0 Å². The quantitative estimate of drug-likeness (QED) is 0.263. The van der Waals surface area contributed by atoms with Crippen molar-refractivity contribution in [3.8, 4) is 57.1 Å². The second kappa shape index (κ2) is 33.3. The summed E-state index contributed by atoms with van der Waals surface area (Å²) in [5.41, 5.74) is -0.456. The average Bonchev–Trinajstić information content (AvgIpc) is 3.75. The van der Waals surface area contributed by atoms with Crippen molar-refractivity contribution in [2.75, 3.05) is 13.6 Å². The molecule has 0 atom stereocenters. The molecule has 2 aromatic carbocycles. The molecule has 2 aromatic rings. The van der Waals surface area contributed by atoms with E-state index < -0.39 is 23.0 Å². The molecule has 0 fully saturated rings. The first-order valence-electron chi connectivity index (χ1n) is 8.67. The molecule has 0 spiro atoms. The first kappa shape index (κ1) is 54.2. The molecule has 0 amide bonds. The maximum Gasteiger partial charge on any atom is 0 e. The fourth-order valence-corrected chi connectivity index (χ4v) is 2.92. The van der Waals surface area contributed by atoms with Gasteiger partial charge in [-0.2, -0.15) is 0 Å². The normalized spacial score (nSPS) is 8.52. The smallest absolute Gasteiger partial charge is 0 e. The van der Waals surface area contributed by atoms with E-state index in [2.05, 4.69) is 53.2 Å². The van der Waals surface area contributed by atoms with Gasteiger partial charge >= 0.3 is 90.4 Å². The van der Waals surface area contributed by atoms with Crippen LogP contribution in [0.25, 0.3) is 11.1 Å². The van der Waals surface area contributed by atoms with Crippen molar-refractivity contribution in [1.82, 2.24) is 0 Å². The Morgan fingerprint density at radius 2 is 0.595 bits per heavy atom. The predicted octanol–water partition coefficient (Wildman–Crippen LogP) is -0.583. The molecule has 16 nitrogen and oxygen atoms in total. The average molecular weight is 927 g/mol. The predicted molar refractivity (Wildman–Crippen MR) is 103 cm³/mol. The zero-order valence-electron chi connectivity index (χ0n) is 20.7. The van der Waals surface area contributed by atoms with Crippen LogP contribution in [-0.2, 0) is 78.1 Å². The van der Waals surface area contributed by atoms with E-state index in [1.807, 2.05) is 0 Å². The van der Waals surface area contributed by atoms with Crippen molar-refractivity contribution in [3.63, 3.8) is 0 Å². The van der Waals surface area contributed by atoms with Crippen molar-refractivity contribution < 1.29 is 117 Å². The van der Waals surface area contributed by atoms with Gasteiger partial charge in [0.2, 0.25) is 13.6 Å². The van der Waals surface area contributed by atoms with Crippen LogP contribution in [0.4, 0.5) is 0 Å². The molecule has 2 aliphatic heterocycles. The van der Waals surface area contributed by atoms with Crippen LogP contribution >= 0.6 is 0 Å². The van der Waals surface area contributed by atoms with Crippen LogP contribution in [0.15, 0.2) is 0 Å². The molecule has 0 aromatic heterocycles. The van der Waals surface area contributed by atoms with Gasteiger partial charge in [0.1, 0.15) is 0 Å². The molecule has 0 bridgehead atoms. The molecule has 220 valence electrons. The molecule has 0 N–H and O–H groups in total. The monoisotopic (exact) mass is 928 g/mol. The number of hydrogen-bond acceptors (Lipinski definition) is 8. The molecular formula is C24H10O16Re2-4. The molecule has 0 saturated carbocycles. The Morgan fingerprint density at radius 1 is 0.405 bits per heavy atom. The Balaban J connectivity index is -0.000000119. The van der Waals surface area contributed by atoms with E-state index in [1.165, 1.54) is 13.8 Å². The maximum atomic E-state index is 12.5. The fraction of sp³-hybridized carbons (Fsp3) is 0.167. The Kier molecular flexibility index (Phi) is 43.0. The number of fused-ring (bicyclic) bond motifs is 2. The third-order valence-corrected chi connectivity index (χ3v) is 4.16. The minimum absolute atomic E-state index is 0. The van der Waals surface area contributed by atoms with Gasteiger partial charge in [-0.3, -0.25) is 0 Å². The zero-order valence-corrected chi connectivity index (χ0v) is 26.1. The first-order valence-corrected chi connectivity index (χ1v) is 8.67. The number of hydrogen-bond donors (Lipinski definition) is 0. The summed E-state index contributed by atoms with van der Waals surface area (Å²) in [6.07, 6.45) is 0. The molecule has 0 saturated heterocycles. The van der Waals surface area contributed by atoms with Crippen LogP contribution in [0, 0.1) is 67.1 Å². The van der Waals surface area contributed by atoms with Gasteiger partial charge in [0.15, 0.2) is 23.0 Å². The van der Waals surface area contributed by atoms with E-state index in [-0.39, 0.29) is 99.7 Å². The van der Waals surface area contributed by atoms with Crippen LogP contribution in [0.5, 0.6) is 46.0 Å². The zero-order chi connectivity index (χ0) is 33.2. The number of ether oxygens (including phenoxy) is 4. The van der Waals surface area contributed by atoms with E-state index >= 15 is 0 Å². The largest absolute Gasteiger partial charge is 0 e. The van der Waals surface area contributed by atoms with Crippen LogP contribution in [-0.4, -0.2) is 13.6 Å². The Hall–Kier alpha value is -3.92. The van der Waals surface area contributed by atoms with Crippen molar-refractivity contribution >= 4 is 0 Å². The van der Waals surface area contributed by atoms with Crippen molar-refractivity contribution in [2.45, 2.75) is 13.8 Å². The summed E-state index contributed by atoms with van der Waals surface area (Å²) in [4.78, 5) is 0. The van der Waals surface area contributed by atoms with Gasteiger partial charge in [0, 0.05) is 52.0 Å². The minimum atomic E-state index is -0.949. The third kappa shape index (κ3) is 12.3. The number of benzene rings is 2. The topological polar surface area (TPSA) is 288 Å². The van der Waals surface area contributed by atoms with Gasteiger partial charge in [-0.25, -0.2) is 0 Å². The van der Waals surface area contributed by atoms with E-state index in [1.54, 1.807) is 0 Å². The molecule has 0 unspecified atom stereocenters. The first-order chi connectivity index (χ1) is 19.4. The van der Waals surface area contributed by atoms with E-state index in [4.69, 9.17) is 56.2 Å².